The van der Waals surface area contributed by atoms with Crippen LogP contribution in [-0.2, 0) is 16.9 Å². The average molecular weight is 352 g/mol. The Morgan fingerprint density at radius 1 is 1.15 bits per heavy atom. The van der Waals surface area contributed by atoms with Crippen LogP contribution in [0, 0.1) is 0 Å². The highest BCUT2D eigenvalue weighted by molar-refractivity contribution is 6.07. The summed E-state index contributed by atoms with van der Waals surface area (Å²) in [7, 11) is 1.51. The number of Topliss-reactive ketones (excluding diaryl/α,β-unsaturated/α-hetero) is 1. The molecule has 134 valence electrons. The molecule has 0 aromatic heterocycles. The summed E-state index contributed by atoms with van der Waals surface area (Å²) in [5.74, 6) is 0.0770. The van der Waals surface area contributed by atoms with Gasteiger partial charge in [0.1, 0.15) is 11.3 Å². The van der Waals surface area contributed by atoms with Crippen LogP contribution in [0.3, 0.4) is 0 Å². The Morgan fingerprint density at radius 3 is 2.46 bits per heavy atom. The number of methoxy groups -OCH3 is 1. The Bertz CT molecular complexity index is 879. The van der Waals surface area contributed by atoms with Gasteiger partial charge in [0, 0.05) is 11.1 Å². The molecule has 0 aliphatic carbocycles. The first-order valence-electron chi connectivity index (χ1n) is 8.24. The third-order valence-corrected chi connectivity index (χ3v) is 4.64. The van der Waals surface area contributed by atoms with Gasteiger partial charge in [0.25, 0.3) is 5.91 Å². The van der Waals surface area contributed by atoms with E-state index < -0.39 is 11.6 Å². The largest absolute Gasteiger partial charge is 0.496 e. The van der Waals surface area contributed by atoms with Crippen molar-refractivity contribution >= 4 is 17.7 Å². The number of ketones is 1. The molecule has 1 atom stereocenters. The van der Waals surface area contributed by atoms with E-state index in [1.54, 1.807) is 37.3 Å². The van der Waals surface area contributed by atoms with E-state index in [4.69, 9.17) is 4.74 Å². The number of amides is 3. The molecule has 3 amide bonds. The fourth-order valence-electron chi connectivity index (χ4n) is 3.10. The van der Waals surface area contributed by atoms with Crippen LogP contribution in [0.25, 0.3) is 0 Å². The first-order chi connectivity index (χ1) is 12.4. The fraction of sp³-hybridized carbons (Fsp3) is 0.250. The number of nitrogens with zero attached hydrogens (tertiary/aromatic N) is 1. The van der Waals surface area contributed by atoms with Gasteiger partial charge in [-0.1, -0.05) is 30.3 Å². The molecule has 6 nitrogen and oxygen atoms in total. The minimum atomic E-state index is -1.12. The smallest absolute Gasteiger partial charge is 0.325 e. The summed E-state index contributed by atoms with van der Waals surface area (Å²) in [5.41, 5.74) is 0.689. The Kier molecular flexibility index (Phi) is 4.50. The quantitative estimate of drug-likeness (QED) is 0.663. The summed E-state index contributed by atoms with van der Waals surface area (Å²) in [4.78, 5) is 38.3. The topological polar surface area (TPSA) is 75.7 Å². The molecule has 1 saturated heterocycles. The lowest BCUT2D eigenvalue weighted by Gasteiger charge is -2.22. The van der Waals surface area contributed by atoms with E-state index in [9.17, 15) is 14.4 Å². The molecule has 1 fully saturated rings. The zero-order valence-electron chi connectivity index (χ0n) is 14.9. The van der Waals surface area contributed by atoms with E-state index in [2.05, 4.69) is 5.32 Å². The van der Waals surface area contributed by atoms with Gasteiger partial charge in [0.05, 0.1) is 13.7 Å². The number of benzene rings is 2. The molecule has 0 bridgehead atoms. The second kappa shape index (κ2) is 6.63. The van der Waals surface area contributed by atoms with Gasteiger partial charge in [-0.3, -0.25) is 14.5 Å². The molecule has 2 aromatic carbocycles. The molecule has 1 N–H and O–H groups in total. The van der Waals surface area contributed by atoms with Crippen LogP contribution in [0.5, 0.6) is 5.75 Å². The van der Waals surface area contributed by atoms with Gasteiger partial charge in [0.15, 0.2) is 5.78 Å². The second-order valence-electron chi connectivity index (χ2n) is 6.40. The highest BCUT2D eigenvalue weighted by Crippen LogP contribution is 2.31. The Balaban J connectivity index is 1.94. The number of carbonyl (C=O) groups is 3. The van der Waals surface area contributed by atoms with Crippen molar-refractivity contribution < 1.29 is 19.1 Å². The lowest BCUT2D eigenvalue weighted by Crippen LogP contribution is -2.40. The first-order valence-corrected chi connectivity index (χ1v) is 8.24. The predicted octanol–water partition coefficient (Wildman–Crippen LogP) is 2.87. The number of imide groups is 1. The van der Waals surface area contributed by atoms with Crippen molar-refractivity contribution in [2.24, 2.45) is 0 Å². The molecule has 1 aliphatic rings. The van der Waals surface area contributed by atoms with Crippen molar-refractivity contribution in [1.29, 1.82) is 0 Å². The summed E-state index contributed by atoms with van der Waals surface area (Å²) < 4.78 is 5.32. The van der Waals surface area contributed by atoms with E-state index in [1.807, 2.05) is 18.2 Å². The van der Waals surface area contributed by atoms with Crippen LogP contribution >= 0.6 is 0 Å². The van der Waals surface area contributed by atoms with Crippen LogP contribution in [0.4, 0.5) is 4.79 Å². The normalized spacial score (nSPS) is 19.4. The lowest BCUT2D eigenvalue weighted by atomic mass is 9.92. The van der Waals surface area contributed by atoms with Gasteiger partial charge in [-0.15, -0.1) is 0 Å². The van der Waals surface area contributed by atoms with E-state index in [-0.39, 0.29) is 18.2 Å². The fourth-order valence-corrected chi connectivity index (χ4v) is 3.10. The zero-order valence-corrected chi connectivity index (χ0v) is 14.9. The minimum Gasteiger partial charge on any atom is -0.496 e. The van der Waals surface area contributed by atoms with Crippen molar-refractivity contribution in [2.45, 2.75) is 25.9 Å². The van der Waals surface area contributed by atoms with E-state index in [0.717, 1.165) is 4.90 Å². The maximum absolute atomic E-state index is 13.0. The molecule has 0 radical (unpaired) electrons. The highest BCUT2D eigenvalue weighted by atomic mass is 16.5. The molecule has 0 saturated carbocycles. The van der Waals surface area contributed by atoms with Crippen LogP contribution in [0.2, 0.25) is 0 Å². The van der Waals surface area contributed by atoms with Crippen molar-refractivity contribution in [3.8, 4) is 5.75 Å². The molecule has 0 spiro atoms. The summed E-state index contributed by atoms with van der Waals surface area (Å²) in [6.45, 7) is 3.18. The number of nitrogens with one attached hydrogen (secondary N) is 1. The average Bonchev–Trinajstić information content (AvgIpc) is 2.86. The maximum atomic E-state index is 13.0. The van der Waals surface area contributed by atoms with Gasteiger partial charge < -0.3 is 10.1 Å². The highest BCUT2D eigenvalue weighted by Gasteiger charge is 2.48. The third kappa shape index (κ3) is 2.94. The van der Waals surface area contributed by atoms with Crippen molar-refractivity contribution in [2.75, 3.05) is 7.11 Å². The SMILES string of the molecule is COc1ccc(C(C)=O)cc1CN1C(=O)N[C@@](C)(c2ccccc2)C1=O. The molecular weight excluding hydrogens is 332 g/mol. The maximum Gasteiger partial charge on any atom is 0.325 e. The number of rotatable bonds is 5. The molecule has 1 aliphatic heterocycles. The summed E-state index contributed by atoms with van der Waals surface area (Å²) in [6, 6.07) is 13.6. The molecule has 26 heavy (non-hydrogen) atoms. The predicted molar refractivity (Wildman–Crippen MR) is 95.9 cm³/mol. The summed E-state index contributed by atoms with van der Waals surface area (Å²) in [6.07, 6.45) is 0. The molecule has 1 heterocycles. The van der Waals surface area contributed by atoms with E-state index in [0.29, 0.717) is 22.4 Å². The number of carbonyl (C=O) groups excluding carboxylic acids is 3. The molecule has 0 unspecified atom stereocenters. The van der Waals surface area contributed by atoms with E-state index >= 15 is 0 Å². The Morgan fingerprint density at radius 2 is 1.85 bits per heavy atom. The standard InChI is InChI=1S/C20H20N2O4/c1-13(23)14-9-10-17(26-3)15(11-14)12-22-18(24)20(2,21-19(22)25)16-7-5-4-6-8-16/h4-11H,12H2,1-3H3,(H,21,25)/t20-/m0/s1. The van der Waals surface area contributed by atoms with Crippen molar-refractivity contribution in [3.05, 3.63) is 65.2 Å². The van der Waals surface area contributed by atoms with Crippen molar-refractivity contribution in [1.82, 2.24) is 10.2 Å². The van der Waals surface area contributed by atoms with Gasteiger partial charge in [-0.05, 0) is 37.6 Å². The molecule has 2 aromatic rings. The summed E-state index contributed by atoms with van der Waals surface area (Å²) in [5, 5.41) is 2.77. The molecule has 3 rings (SSSR count). The van der Waals surface area contributed by atoms with Crippen LogP contribution in [0.15, 0.2) is 48.5 Å². The van der Waals surface area contributed by atoms with E-state index in [1.165, 1.54) is 14.0 Å². The Hall–Kier alpha value is -3.15. The number of hydrogen-bond acceptors (Lipinski definition) is 4. The van der Waals surface area contributed by atoms with Crippen LogP contribution in [0.1, 0.15) is 35.3 Å². The first kappa shape index (κ1) is 17.7. The van der Waals surface area contributed by atoms with Gasteiger partial charge >= 0.3 is 6.03 Å². The second-order valence-corrected chi connectivity index (χ2v) is 6.40. The number of hydrogen-bond donors (Lipinski definition) is 1. The van der Waals surface area contributed by atoms with Gasteiger partial charge in [-0.25, -0.2) is 4.79 Å². The zero-order chi connectivity index (χ0) is 18.9. The third-order valence-electron chi connectivity index (χ3n) is 4.64. The number of urea groups is 1. The minimum absolute atomic E-state index is 0.0252. The number of ether oxygens (including phenoxy) is 1. The van der Waals surface area contributed by atoms with Gasteiger partial charge in [-0.2, -0.15) is 0 Å². The monoisotopic (exact) mass is 352 g/mol. The summed E-state index contributed by atoms with van der Waals surface area (Å²) >= 11 is 0. The van der Waals surface area contributed by atoms with Crippen LogP contribution in [-0.4, -0.2) is 29.7 Å². The lowest BCUT2D eigenvalue weighted by molar-refractivity contribution is -0.131. The van der Waals surface area contributed by atoms with Crippen LogP contribution < -0.4 is 10.1 Å². The van der Waals surface area contributed by atoms with Gasteiger partial charge in [0.2, 0.25) is 0 Å². The molecule has 6 heteroatoms. The Labute approximate surface area is 151 Å². The van der Waals surface area contributed by atoms with Crippen molar-refractivity contribution in [3.63, 3.8) is 0 Å². The molecular formula is C20H20N2O4.